The molecule has 0 bridgehead atoms. The minimum absolute atomic E-state index is 0.141. The summed E-state index contributed by atoms with van der Waals surface area (Å²) in [6, 6.07) is 6.03. The van der Waals surface area contributed by atoms with E-state index in [0.717, 1.165) is 0 Å². The highest BCUT2D eigenvalue weighted by Gasteiger charge is 2.41. The fourth-order valence-electron chi connectivity index (χ4n) is 2.55. The summed E-state index contributed by atoms with van der Waals surface area (Å²) in [7, 11) is -0.365. The molecule has 0 N–H and O–H groups in total. The van der Waals surface area contributed by atoms with E-state index in [1.165, 1.54) is 41.0 Å². The third-order valence-corrected chi connectivity index (χ3v) is 6.29. The number of aryl methyl sites for hydroxylation is 1. The minimum Gasteiger partial charge on any atom is -0.479 e. The quantitative estimate of drug-likeness (QED) is 0.813. The first-order chi connectivity index (χ1) is 11.3. The lowest BCUT2D eigenvalue weighted by molar-refractivity contribution is 0.0655. The number of likely N-dealkylation sites (tertiary alicyclic amines) is 1. The average molecular weight is 370 g/mol. The van der Waals surface area contributed by atoms with Crippen molar-refractivity contribution >= 4 is 27.3 Å². The molecule has 1 saturated heterocycles. The molecular formula is C15H16ClN3O4S. The van der Waals surface area contributed by atoms with Crippen LogP contribution in [0.1, 0.15) is 10.4 Å². The van der Waals surface area contributed by atoms with Gasteiger partial charge in [-0.25, -0.2) is 8.42 Å². The molecule has 1 fully saturated rings. The lowest BCUT2D eigenvalue weighted by Crippen LogP contribution is -2.56. The Balaban J connectivity index is 1.72. The molecule has 0 aliphatic carbocycles. The molecule has 0 radical (unpaired) electrons. The number of hydrogen-bond acceptors (Lipinski definition) is 5. The van der Waals surface area contributed by atoms with Gasteiger partial charge in [0.1, 0.15) is 10.8 Å². The van der Waals surface area contributed by atoms with E-state index in [4.69, 9.17) is 16.3 Å². The summed E-state index contributed by atoms with van der Waals surface area (Å²) in [5, 5.41) is 3.89. The third kappa shape index (κ3) is 2.87. The Hall–Kier alpha value is -2.06. The van der Waals surface area contributed by atoms with Gasteiger partial charge in [-0.15, -0.1) is 5.10 Å². The normalized spacial score (nSPS) is 15.2. The van der Waals surface area contributed by atoms with Crippen LogP contribution in [-0.2, 0) is 16.9 Å². The molecule has 2 heterocycles. The number of rotatable bonds is 4. The first-order valence-corrected chi connectivity index (χ1v) is 9.11. The molecule has 128 valence electrons. The van der Waals surface area contributed by atoms with Crippen LogP contribution < -0.4 is 4.74 Å². The van der Waals surface area contributed by atoms with Crippen molar-refractivity contribution in [1.29, 1.82) is 0 Å². The van der Waals surface area contributed by atoms with Crippen molar-refractivity contribution in [3.05, 3.63) is 41.0 Å². The third-order valence-electron chi connectivity index (χ3n) is 3.93. The first-order valence-electron chi connectivity index (χ1n) is 7.19. The number of aromatic nitrogens is 2. The zero-order chi connectivity index (χ0) is 17.5. The van der Waals surface area contributed by atoms with E-state index in [1.807, 2.05) is 0 Å². The molecule has 0 unspecified atom stereocenters. The van der Waals surface area contributed by atoms with E-state index < -0.39 is 15.1 Å². The van der Waals surface area contributed by atoms with Crippen LogP contribution in [0.3, 0.4) is 0 Å². The second kappa shape index (κ2) is 6.10. The number of carbonyl (C=O) groups excluding carboxylic acids is 1. The summed E-state index contributed by atoms with van der Waals surface area (Å²) in [4.78, 5) is 14.1. The van der Waals surface area contributed by atoms with Crippen LogP contribution >= 0.6 is 11.6 Å². The Morgan fingerprint density at radius 2 is 1.92 bits per heavy atom. The molecule has 7 nitrogen and oxygen atoms in total. The monoisotopic (exact) mass is 369 g/mol. The summed E-state index contributed by atoms with van der Waals surface area (Å²) in [6.45, 7) is 0.281. The highest BCUT2D eigenvalue weighted by Crippen LogP contribution is 2.27. The summed E-state index contributed by atoms with van der Waals surface area (Å²) >= 11 is 5.78. The number of benzene rings is 1. The summed E-state index contributed by atoms with van der Waals surface area (Å²) < 4.78 is 31.6. The Kier molecular flexibility index (Phi) is 4.27. The van der Waals surface area contributed by atoms with Crippen molar-refractivity contribution in [3.63, 3.8) is 0 Å². The second-order valence-corrected chi connectivity index (χ2v) is 8.22. The van der Waals surface area contributed by atoms with Gasteiger partial charge < -0.3 is 9.64 Å². The molecule has 1 aliphatic rings. The Morgan fingerprint density at radius 3 is 2.50 bits per heavy atom. The van der Waals surface area contributed by atoms with E-state index in [2.05, 4.69) is 5.10 Å². The number of carbonyl (C=O) groups is 1. The highest BCUT2D eigenvalue weighted by atomic mass is 35.5. The van der Waals surface area contributed by atoms with E-state index >= 15 is 0 Å². The maximum Gasteiger partial charge on any atom is 0.261 e. The maximum absolute atomic E-state index is 12.5. The Morgan fingerprint density at radius 1 is 1.29 bits per heavy atom. The van der Waals surface area contributed by atoms with Crippen LogP contribution in [0.25, 0.3) is 0 Å². The highest BCUT2D eigenvalue weighted by molar-refractivity contribution is 7.92. The lowest BCUT2D eigenvalue weighted by atomic mass is 10.1. The molecular weight excluding hydrogens is 354 g/mol. The lowest BCUT2D eigenvalue weighted by Gasteiger charge is -2.38. The molecule has 1 aliphatic heterocycles. The first kappa shape index (κ1) is 16.8. The van der Waals surface area contributed by atoms with E-state index in [-0.39, 0.29) is 29.8 Å². The van der Waals surface area contributed by atoms with Gasteiger partial charge in [0, 0.05) is 31.4 Å². The number of sulfone groups is 1. The van der Waals surface area contributed by atoms with Crippen LogP contribution in [0.5, 0.6) is 5.88 Å². The second-order valence-electron chi connectivity index (χ2n) is 5.56. The molecule has 1 aromatic heterocycles. The fraction of sp³-hybridized carbons (Fsp3) is 0.333. The molecule has 1 aromatic carbocycles. The number of methoxy groups -OCH3 is 1. The number of halogens is 1. The van der Waals surface area contributed by atoms with Crippen LogP contribution in [0.2, 0.25) is 5.02 Å². The zero-order valence-corrected chi connectivity index (χ0v) is 14.7. The van der Waals surface area contributed by atoms with Crippen LogP contribution in [0.4, 0.5) is 0 Å². The van der Waals surface area contributed by atoms with Gasteiger partial charge in [0.05, 0.1) is 12.0 Å². The van der Waals surface area contributed by atoms with Crippen molar-refractivity contribution < 1.29 is 17.9 Å². The molecule has 0 saturated carbocycles. The molecule has 9 heteroatoms. The minimum atomic E-state index is -3.48. The summed E-state index contributed by atoms with van der Waals surface area (Å²) in [5.41, 5.74) is 0.322. The van der Waals surface area contributed by atoms with Gasteiger partial charge in [-0.1, -0.05) is 11.6 Å². The SMILES string of the molecule is COc1nn(C)cc1C(=O)N1CC(S(=O)(=O)c2ccc(Cl)cc2)C1. The molecule has 24 heavy (non-hydrogen) atoms. The van der Waals surface area contributed by atoms with Gasteiger partial charge in [-0.05, 0) is 24.3 Å². The van der Waals surface area contributed by atoms with Gasteiger partial charge in [0.15, 0.2) is 9.84 Å². The number of ether oxygens (including phenoxy) is 1. The van der Waals surface area contributed by atoms with Crippen molar-refractivity contribution in [2.45, 2.75) is 10.1 Å². The largest absolute Gasteiger partial charge is 0.479 e. The smallest absolute Gasteiger partial charge is 0.261 e. The maximum atomic E-state index is 12.5. The Bertz CT molecular complexity index is 871. The molecule has 0 spiro atoms. The van der Waals surface area contributed by atoms with Gasteiger partial charge in [-0.2, -0.15) is 0 Å². The summed E-state index contributed by atoms with van der Waals surface area (Å²) in [6.07, 6.45) is 1.56. The Labute approximate surface area is 144 Å². The predicted octanol–water partition coefficient (Wildman–Crippen LogP) is 1.38. The van der Waals surface area contributed by atoms with E-state index in [9.17, 15) is 13.2 Å². The zero-order valence-electron chi connectivity index (χ0n) is 13.1. The van der Waals surface area contributed by atoms with Crippen molar-refractivity contribution in [1.82, 2.24) is 14.7 Å². The fourth-order valence-corrected chi connectivity index (χ4v) is 4.33. The molecule has 1 amide bonds. The predicted molar refractivity (Wildman–Crippen MR) is 88.1 cm³/mol. The summed E-state index contributed by atoms with van der Waals surface area (Å²) in [5.74, 6) is -0.0611. The van der Waals surface area contributed by atoms with E-state index in [1.54, 1.807) is 13.2 Å². The number of amides is 1. The van der Waals surface area contributed by atoms with Gasteiger partial charge >= 0.3 is 0 Å². The average Bonchev–Trinajstić information content (AvgIpc) is 2.87. The molecule has 3 rings (SSSR count). The standard InChI is InChI=1S/C15H16ClN3O4S/c1-18-9-13(14(17-18)23-2)15(20)19-7-12(8-19)24(21,22)11-5-3-10(16)4-6-11/h3-6,9,12H,7-8H2,1-2H3. The topological polar surface area (TPSA) is 81.5 Å². The van der Waals surface area contributed by atoms with Crippen molar-refractivity contribution in [3.8, 4) is 5.88 Å². The number of nitrogens with zero attached hydrogens (tertiary/aromatic N) is 3. The van der Waals surface area contributed by atoms with E-state index in [0.29, 0.717) is 10.6 Å². The van der Waals surface area contributed by atoms with Gasteiger partial charge in [0.2, 0.25) is 5.88 Å². The van der Waals surface area contributed by atoms with Crippen LogP contribution in [-0.4, -0.2) is 54.5 Å². The van der Waals surface area contributed by atoms with Crippen LogP contribution in [0, 0.1) is 0 Å². The molecule has 0 atom stereocenters. The van der Waals surface area contributed by atoms with Gasteiger partial charge in [0.25, 0.3) is 5.91 Å². The van der Waals surface area contributed by atoms with Crippen molar-refractivity contribution in [2.24, 2.45) is 7.05 Å². The molecule has 2 aromatic rings. The number of hydrogen-bond donors (Lipinski definition) is 0. The van der Waals surface area contributed by atoms with Gasteiger partial charge in [-0.3, -0.25) is 9.48 Å². The van der Waals surface area contributed by atoms with Crippen LogP contribution in [0.15, 0.2) is 35.4 Å². The van der Waals surface area contributed by atoms with Crippen molar-refractivity contribution in [2.75, 3.05) is 20.2 Å².